The van der Waals surface area contributed by atoms with Gasteiger partial charge in [0.15, 0.2) is 11.7 Å². The highest BCUT2D eigenvalue weighted by Gasteiger charge is 2.24. The van der Waals surface area contributed by atoms with E-state index in [1.165, 1.54) is 0 Å². The molecule has 98 valence electrons. The van der Waals surface area contributed by atoms with Gasteiger partial charge in [-0.2, -0.15) is 0 Å². The molecule has 1 aromatic heterocycles. The van der Waals surface area contributed by atoms with Crippen LogP contribution in [0.1, 0.15) is 39.3 Å². The van der Waals surface area contributed by atoms with E-state index in [1.807, 2.05) is 13.8 Å². The Morgan fingerprint density at radius 2 is 2.18 bits per heavy atom. The van der Waals surface area contributed by atoms with Gasteiger partial charge in [0.05, 0.1) is 6.20 Å². The smallest absolute Gasteiger partial charge is 0.195 e. The summed E-state index contributed by atoms with van der Waals surface area (Å²) in [6, 6.07) is 0. The lowest BCUT2D eigenvalue weighted by molar-refractivity contribution is 0.000114. The lowest BCUT2D eigenvalue weighted by atomic mass is 10.1. The predicted molar refractivity (Wildman–Crippen MR) is 67.9 cm³/mol. The molecule has 0 bridgehead atoms. The van der Waals surface area contributed by atoms with Gasteiger partial charge in [-0.1, -0.05) is 13.8 Å². The molecule has 4 heteroatoms. The molecule has 0 unspecified atom stereocenters. The molecule has 0 fully saturated rings. The number of hydrogen-bond donors (Lipinski definition) is 1. The minimum Gasteiger partial charge on any atom is -0.443 e. The van der Waals surface area contributed by atoms with Crippen LogP contribution in [-0.4, -0.2) is 25.2 Å². The Bertz CT molecular complexity index is 332. The number of aromatic nitrogens is 1. The molecule has 1 aromatic rings. The highest BCUT2D eigenvalue weighted by atomic mass is 16.5. The minimum atomic E-state index is -0.406. The first-order valence-electron chi connectivity index (χ1n) is 6.16. The Hall–Kier alpha value is -0.870. The van der Waals surface area contributed by atoms with E-state index < -0.39 is 5.60 Å². The minimum absolute atomic E-state index is 0.406. The molecule has 0 spiro atoms. The van der Waals surface area contributed by atoms with Crippen molar-refractivity contribution in [1.29, 1.82) is 0 Å². The van der Waals surface area contributed by atoms with Crippen molar-refractivity contribution in [3.63, 3.8) is 0 Å². The largest absolute Gasteiger partial charge is 0.443 e. The van der Waals surface area contributed by atoms with Gasteiger partial charge in [-0.15, -0.1) is 0 Å². The summed E-state index contributed by atoms with van der Waals surface area (Å²) in [4.78, 5) is 4.26. The molecular formula is C13H24N2O2. The summed E-state index contributed by atoms with van der Waals surface area (Å²) in [5, 5.41) is 3.36. The lowest BCUT2D eigenvalue weighted by Gasteiger charge is -2.18. The van der Waals surface area contributed by atoms with Crippen molar-refractivity contribution < 1.29 is 9.15 Å². The van der Waals surface area contributed by atoms with Crippen molar-refractivity contribution in [2.75, 3.05) is 20.2 Å². The summed E-state index contributed by atoms with van der Waals surface area (Å²) >= 11 is 0. The topological polar surface area (TPSA) is 47.3 Å². The number of nitrogens with one attached hydrogen (secondary N) is 1. The van der Waals surface area contributed by atoms with Crippen molar-refractivity contribution in [3.8, 4) is 0 Å². The Labute approximate surface area is 104 Å². The van der Waals surface area contributed by atoms with Crippen LogP contribution in [0, 0.1) is 5.92 Å². The van der Waals surface area contributed by atoms with E-state index in [4.69, 9.17) is 9.15 Å². The Morgan fingerprint density at radius 1 is 1.47 bits per heavy atom. The molecule has 0 aliphatic carbocycles. The van der Waals surface area contributed by atoms with Gasteiger partial charge in [0.1, 0.15) is 5.60 Å². The second kappa shape index (κ2) is 6.17. The van der Waals surface area contributed by atoms with Crippen LogP contribution in [0.15, 0.2) is 10.6 Å². The molecule has 0 atom stereocenters. The van der Waals surface area contributed by atoms with Crippen LogP contribution in [0.3, 0.4) is 0 Å². The third kappa shape index (κ3) is 4.48. The van der Waals surface area contributed by atoms with Crippen molar-refractivity contribution in [3.05, 3.63) is 17.8 Å². The zero-order chi connectivity index (χ0) is 12.9. The second-order valence-corrected chi connectivity index (χ2v) is 5.18. The molecule has 0 saturated heterocycles. The van der Waals surface area contributed by atoms with E-state index in [9.17, 15) is 0 Å². The molecule has 4 nitrogen and oxygen atoms in total. The van der Waals surface area contributed by atoms with Crippen LogP contribution in [0.2, 0.25) is 0 Å². The zero-order valence-corrected chi connectivity index (χ0v) is 11.5. The van der Waals surface area contributed by atoms with E-state index in [2.05, 4.69) is 24.1 Å². The van der Waals surface area contributed by atoms with Crippen molar-refractivity contribution >= 4 is 0 Å². The normalized spacial score (nSPS) is 12.4. The molecule has 0 aliphatic heterocycles. The summed E-state index contributed by atoms with van der Waals surface area (Å²) in [5.74, 6) is 2.21. The monoisotopic (exact) mass is 240 g/mol. The molecule has 1 rings (SSSR count). The quantitative estimate of drug-likeness (QED) is 0.743. The van der Waals surface area contributed by atoms with Crippen LogP contribution in [0.4, 0.5) is 0 Å². The summed E-state index contributed by atoms with van der Waals surface area (Å²) in [7, 11) is 1.67. The van der Waals surface area contributed by atoms with Crippen LogP contribution in [-0.2, 0) is 16.8 Å². The summed E-state index contributed by atoms with van der Waals surface area (Å²) in [6.45, 7) is 10.2. The van der Waals surface area contributed by atoms with Crippen LogP contribution in [0.5, 0.6) is 0 Å². The number of ether oxygens (including phenoxy) is 1. The molecule has 0 aliphatic rings. The molecule has 1 N–H and O–H groups in total. The first kappa shape index (κ1) is 14.2. The molecule has 17 heavy (non-hydrogen) atoms. The van der Waals surface area contributed by atoms with E-state index in [0.29, 0.717) is 5.92 Å². The van der Waals surface area contributed by atoms with Gasteiger partial charge in [-0.25, -0.2) is 4.98 Å². The standard InChI is InChI=1S/C13H24N2O2/c1-10(2)8-14-7-6-12-15-9-11(17-12)13(3,4)16-5/h9-10,14H,6-8H2,1-5H3. The zero-order valence-electron chi connectivity index (χ0n) is 11.5. The Kier molecular flexibility index (Phi) is 5.15. The van der Waals surface area contributed by atoms with Crippen LogP contribution in [0.25, 0.3) is 0 Å². The van der Waals surface area contributed by atoms with Gasteiger partial charge in [0.25, 0.3) is 0 Å². The van der Waals surface area contributed by atoms with Crippen molar-refractivity contribution in [1.82, 2.24) is 10.3 Å². The first-order valence-corrected chi connectivity index (χ1v) is 6.16. The van der Waals surface area contributed by atoms with Gasteiger partial charge >= 0.3 is 0 Å². The summed E-state index contributed by atoms with van der Waals surface area (Å²) < 4.78 is 11.0. The van der Waals surface area contributed by atoms with Crippen LogP contribution >= 0.6 is 0 Å². The number of nitrogens with zero attached hydrogens (tertiary/aromatic N) is 1. The number of methoxy groups -OCH3 is 1. The number of rotatable bonds is 7. The molecule has 0 radical (unpaired) electrons. The molecule has 0 aromatic carbocycles. The fourth-order valence-corrected chi connectivity index (χ4v) is 1.39. The molecule has 1 heterocycles. The fourth-order valence-electron chi connectivity index (χ4n) is 1.39. The highest BCUT2D eigenvalue weighted by Crippen LogP contribution is 2.24. The third-order valence-electron chi connectivity index (χ3n) is 2.73. The van der Waals surface area contributed by atoms with Gasteiger partial charge in [-0.3, -0.25) is 0 Å². The molecular weight excluding hydrogens is 216 g/mol. The molecule has 0 saturated carbocycles. The SMILES string of the molecule is COC(C)(C)c1cnc(CCNCC(C)C)o1. The lowest BCUT2D eigenvalue weighted by Crippen LogP contribution is -2.22. The van der Waals surface area contributed by atoms with Crippen molar-refractivity contribution in [2.45, 2.75) is 39.7 Å². The number of hydrogen-bond acceptors (Lipinski definition) is 4. The maximum absolute atomic E-state index is 5.67. The van der Waals surface area contributed by atoms with E-state index in [0.717, 1.165) is 31.2 Å². The average Bonchev–Trinajstić information content (AvgIpc) is 2.73. The second-order valence-electron chi connectivity index (χ2n) is 5.18. The van der Waals surface area contributed by atoms with E-state index >= 15 is 0 Å². The maximum atomic E-state index is 5.67. The van der Waals surface area contributed by atoms with Gasteiger partial charge in [0.2, 0.25) is 0 Å². The Balaban J connectivity index is 2.41. The molecule has 0 amide bonds. The number of oxazole rings is 1. The summed E-state index contributed by atoms with van der Waals surface area (Å²) in [5.41, 5.74) is -0.406. The first-order chi connectivity index (χ1) is 7.95. The fraction of sp³-hybridized carbons (Fsp3) is 0.769. The van der Waals surface area contributed by atoms with E-state index in [-0.39, 0.29) is 0 Å². The predicted octanol–water partition coefficient (Wildman–Crippen LogP) is 2.34. The third-order valence-corrected chi connectivity index (χ3v) is 2.73. The van der Waals surface area contributed by atoms with Crippen molar-refractivity contribution in [2.24, 2.45) is 5.92 Å². The van der Waals surface area contributed by atoms with Gasteiger partial charge < -0.3 is 14.5 Å². The average molecular weight is 240 g/mol. The highest BCUT2D eigenvalue weighted by molar-refractivity contribution is 5.03. The Morgan fingerprint density at radius 3 is 2.76 bits per heavy atom. The van der Waals surface area contributed by atoms with Crippen LogP contribution < -0.4 is 5.32 Å². The van der Waals surface area contributed by atoms with Gasteiger partial charge in [-0.05, 0) is 26.3 Å². The maximum Gasteiger partial charge on any atom is 0.195 e. The van der Waals surface area contributed by atoms with E-state index in [1.54, 1.807) is 13.3 Å². The summed E-state index contributed by atoms with van der Waals surface area (Å²) in [6.07, 6.45) is 2.56. The van der Waals surface area contributed by atoms with Gasteiger partial charge in [0, 0.05) is 20.1 Å².